The van der Waals surface area contributed by atoms with Crippen molar-refractivity contribution < 1.29 is 9.90 Å². The number of piperazine rings is 1. The van der Waals surface area contributed by atoms with Crippen LogP contribution in [0, 0.1) is 0 Å². The number of anilines is 1. The van der Waals surface area contributed by atoms with Gasteiger partial charge in [0, 0.05) is 43.4 Å². The first-order valence-electron chi connectivity index (χ1n) is 6.77. The Morgan fingerprint density at radius 3 is 2.65 bits per heavy atom. The van der Waals surface area contributed by atoms with Crippen LogP contribution in [-0.2, 0) is 4.79 Å². The van der Waals surface area contributed by atoms with Crippen LogP contribution >= 0.6 is 0 Å². The van der Waals surface area contributed by atoms with Crippen molar-refractivity contribution in [1.82, 2.24) is 9.88 Å². The highest BCUT2D eigenvalue weighted by atomic mass is 16.4. The van der Waals surface area contributed by atoms with E-state index in [-0.39, 0.29) is 6.54 Å². The molecule has 0 bridgehead atoms. The number of para-hydroxylation sites is 1. The Morgan fingerprint density at radius 2 is 1.90 bits per heavy atom. The van der Waals surface area contributed by atoms with E-state index in [1.165, 1.54) is 5.69 Å². The molecule has 1 aliphatic rings. The molecule has 0 atom stereocenters. The first kappa shape index (κ1) is 12.9. The molecule has 0 amide bonds. The van der Waals surface area contributed by atoms with E-state index in [9.17, 15) is 4.79 Å². The van der Waals surface area contributed by atoms with Crippen molar-refractivity contribution in [2.45, 2.75) is 0 Å². The fourth-order valence-corrected chi connectivity index (χ4v) is 2.69. The number of pyridine rings is 1. The summed E-state index contributed by atoms with van der Waals surface area (Å²) in [6, 6.07) is 10.1. The molecule has 0 radical (unpaired) electrons. The van der Waals surface area contributed by atoms with E-state index in [4.69, 9.17) is 5.11 Å². The average Bonchev–Trinajstić information content (AvgIpc) is 2.47. The smallest absolute Gasteiger partial charge is 0.317 e. The molecule has 0 unspecified atom stereocenters. The third-order valence-electron chi connectivity index (χ3n) is 3.70. The Bertz CT molecular complexity index is 616. The average molecular weight is 271 g/mol. The van der Waals surface area contributed by atoms with Gasteiger partial charge in [0.05, 0.1) is 12.1 Å². The fourth-order valence-electron chi connectivity index (χ4n) is 2.69. The predicted molar refractivity (Wildman–Crippen MR) is 78.0 cm³/mol. The molecule has 0 aliphatic carbocycles. The highest BCUT2D eigenvalue weighted by molar-refractivity contribution is 5.91. The van der Waals surface area contributed by atoms with Crippen LogP contribution in [-0.4, -0.2) is 53.7 Å². The van der Waals surface area contributed by atoms with Gasteiger partial charge in [-0.15, -0.1) is 0 Å². The maximum atomic E-state index is 10.7. The summed E-state index contributed by atoms with van der Waals surface area (Å²) < 4.78 is 0. The molecule has 3 rings (SSSR count). The molecular formula is C15H17N3O2. The van der Waals surface area contributed by atoms with E-state index in [0.29, 0.717) is 0 Å². The second-order valence-corrected chi connectivity index (χ2v) is 5.00. The predicted octanol–water partition coefficient (Wildman–Crippen LogP) is 1.44. The lowest BCUT2D eigenvalue weighted by atomic mass is 10.1. The lowest BCUT2D eigenvalue weighted by Gasteiger charge is -2.35. The van der Waals surface area contributed by atoms with E-state index in [1.54, 1.807) is 0 Å². The molecule has 5 nitrogen and oxygen atoms in total. The molecule has 20 heavy (non-hydrogen) atoms. The molecular weight excluding hydrogens is 254 g/mol. The number of aromatic nitrogens is 1. The maximum Gasteiger partial charge on any atom is 0.317 e. The first-order valence-corrected chi connectivity index (χ1v) is 6.77. The summed E-state index contributed by atoms with van der Waals surface area (Å²) in [7, 11) is 0. The van der Waals surface area contributed by atoms with Crippen molar-refractivity contribution in [3.63, 3.8) is 0 Å². The summed E-state index contributed by atoms with van der Waals surface area (Å²) in [6.07, 6.45) is 1.83. The molecule has 1 aliphatic heterocycles. The highest BCUT2D eigenvalue weighted by Crippen LogP contribution is 2.25. The minimum Gasteiger partial charge on any atom is -0.480 e. The minimum atomic E-state index is -0.757. The Labute approximate surface area is 117 Å². The van der Waals surface area contributed by atoms with E-state index in [1.807, 2.05) is 35.4 Å². The van der Waals surface area contributed by atoms with Crippen LogP contribution in [0.5, 0.6) is 0 Å². The number of hydrogen-bond donors (Lipinski definition) is 1. The third kappa shape index (κ3) is 2.58. The molecule has 2 heterocycles. The SMILES string of the molecule is O=C(O)CN1CCN(c2ccnc3ccccc23)CC1. The number of fused-ring (bicyclic) bond motifs is 1. The van der Waals surface area contributed by atoms with Crippen molar-refractivity contribution >= 4 is 22.6 Å². The zero-order valence-corrected chi connectivity index (χ0v) is 11.2. The van der Waals surface area contributed by atoms with Crippen molar-refractivity contribution in [1.29, 1.82) is 0 Å². The van der Waals surface area contributed by atoms with Crippen LogP contribution in [0.2, 0.25) is 0 Å². The number of benzene rings is 1. The van der Waals surface area contributed by atoms with Crippen molar-refractivity contribution in [3.8, 4) is 0 Å². The van der Waals surface area contributed by atoms with Gasteiger partial charge in [-0.3, -0.25) is 14.7 Å². The van der Waals surface area contributed by atoms with Crippen molar-refractivity contribution in [3.05, 3.63) is 36.5 Å². The first-order chi connectivity index (χ1) is 9.74. The number of rotatable bonds is 3. The molecule has 1 N–H and O–H groups in total. The van der Waals surface area contributed by atoms with Gasteiger partial charge in [-0.1, -0.05) is 18.2 Å². The lowest BCUT2D eigenvalue weighted by Crippen LogP contribution is -2.48. The molecule has 0 spiro atoms. The number of carboxylic acids is 1. The van der Waals surface area contributed by atoms with Gasteiger partial charge in [-0.05, 0) is 12.1 Å². The molecule has 5 heteroatoms. The van der Waals surface area contributed by atoms with Crippen molar-refractivity contribution in [2.75, 3.05) is 37.6 Å². The van der Waals surface area contributed by atoms with Crippen LogP contribution in [0.25, 0.3) is 10.9 Å². The quantitative estimate of drug-likeness (QED) is 0.915. The van der Waals surface area contributed by atoms with Gasteiger partial charge in [0.1, 0.15) is 0 Å². The molecule has 1 aromatic carbocycles. The monoisotopic (exact) mass is 271 g/mol. The summed E-state index contributed by atoms with van der Waals surface area (Å²) in [5.74, 6) is -0.757. The number of aliphatic carboxylic acids is 1. The van der Waals surface area contributed by atoms with Gasteiger partial charge in [0.25, 0.3) is 0 Å². The largest absolute Gasteiger partial charge is 0.480 e. The third-order valence-corrected chi connectivity index (χ3v) is 3.70. The summed E-state index contributed by atoms with van der Waals surface area (Å²) in [4.78, 5) is 19.4. The van der Waals surface area contributed by atoms with E-state index >= 15 is 0 Å². The zero-order valence-electron chi connectivity index (χ0n) is 11.2. The number of hydrogen-bond acceptors (Lipinski definition) is 4. The Kier molecular flexibility index (Phi) is 3.52. The van der Waals surface area contributed by atoms with E-state index in [2.05, 4.69) is 16.0 Å². The fraction of sp³-hybridized carbons (Fsp3) is 0.333. The molecule has 1 aromatic heterocycles. The molecule has 1 saturated heterocycles. The number of nitrogens with zero attached hydrogens (tertiary/aromatic N) is 3. The normalized spacial score (nSPS) is 16.5. The maximum absolute atomic E-state index is 10.7. The Morgan fingerprint density at radius 1 is 1.15 bits per heavy atom. The zero-order chi connectivity index (χ0) is 13.9. The van der Waals surface area contributed by atoms with Gasteiger partial charge in [0.2, 0.25) is 0 Å². The molecule has 1 fully saturated rings. The van der Waals surface area contributed by atoms with Gasteiger partial charge in [-0.25, -0.2) is 0 Å². The van der Waals surface area contributed by atoms with Crippen LogP contribution in [0.4, 0.5) is 5.69 Å². The van der Waals surface area contributed by atoms with Crippen LogP contribution in [0.1, 0.15) is 0 Å². The Hall–Kier alpha value is -2.14. The van der Waals surface area contributed by atoms with Crippen molar-refractivity contribution in [2.24, 2.45) is 0 Å². The van der Waals surface area contributed by atoms with Crippen LogP contribution in [0.3, 0.4) is 0 Å². The summed E-state index contributed by atoms with van der Waals surface area (Å²) in [6.45, 7) is 3.39. The number of carboxylic acid groups (broad SMARTS) is 1. The van der Waals surface area contributed by atoms with Gasteiger partial charge < -0.3 is 10.0 Å². The second kappa shape index (κ2) is 5.46. The van der Waals surface area contributed by atoms with Crippen LogP contribution in [0.15, 0.2) is 36.5 Å². The van der Waals surface area contributed by atoms with Gasteiger partial charge in [-0.2, -0.15) is 0 Å². The second-order valence-electron chi connectivity index (χ2n) is 5.00. The van der Waals surface area contributed by atoms with Crippen LogP contribution < -0.4 is 4.90 Å². The van der Waals surface area contributed by atoms with E-state index in [0.717, 1.165) is 37.1 Å². The van der Waals surface area contributed by atoms with Gasteiger partial charge >= 0.3 is 5.97 Å². The van der Waals surface area contributed by atoms with E-state index < -0.39 is 5.97 Å². The number of carbonyl (C=O) groups is 1. The highest BCUT2D eigenvalue weighted by Gasteiger charge is 2.20. The Balaban J connectivity index is 1.78. The minimum absolute atomic E-state index is 0.130. The summed E-state index contributed by atoms with van der Waals surface area (Å²) >= 11 is 0. The molecule has 0 saturated carbocycles. The standard InChI is InChI=1S/C15H17N3O2/c19-15(20)11-17-7-9-18(10-8-17)14-5-6-16-13-4-2-1-3-12(13)14/h1-6H,7-11H2,(H,19,20). The molecule has 104 valence electrons. The van der Waals surface area contributed by atoms with Gasteiger partial charge in [0.15, 0.2) is 0 Å². The topological polar surface area (TPSA) is 56.7 Å². The summed E-state index contributed by atoms with van der Waals surface area (Å²) in [5, 5.41) is 9.98. The lowest BCUT2D eigenvalue weighted by molar-refractivity contribution is -0.138. The molecule has 2 aromatic rings. The summed E-state index contributed by atoms with van der Waals surface area (Å²) in [5.41, 5.74) is 2.18.